The Bertz CT molecular complexity index is 837. The van der Waals surface area contributed by atoms with E-state index in [0.717, 1.165) is 19.6 Å². The predicted octanol–water partition coefficient (Wildman–Crippen LogP) is 0.333. The number of aryl methyl sites for hydroxylation is 1. The summed E-state index contributed by atoms with van der Waals surface area (Å²) in [5.74, 6) is 0. The highest BCUT2D eigenvalue weighted by molar-refractivity contribution is 7.83. The highest BCUT2D eigenvalue weighted by Crippen LogP contribution is 2.56. The Morgan fingerprint density at radius 2 is 2.00 bits per heavy atom. The number of rotatable bonds is 6. The highest BCUT2D eigenvalue weighted by Gasteiger charge is 2.34. The number of nitrogens with one attached hydrogen (secondary N) is 2. The van der Waals surface area contributed by atoms with Gasteiger partial charge in [-0.25, -0.2) is 9.46 Å². The van der Waals surface area contributed by atoms with Crippen LogP contribution in [0.1, 0.15) is 18.7 Å². The summed E-state index contributed by atoms with van der Waals surface area (Å²) in [5, 5.41) is 3.16. The summed E-state index contributed by atoms with van der Waals surface area (Å²) in [5.41, 5.74) is -0.546. The molecule has 3 heterocycles. The number of aromatic amines is 1. The molecule has 3 atom stereocenters. The molecule has 0 spiro atoms. The molecule has 1 aromatic rings. The fourth-order valence-electron chi connectivity index (χ4n) is 3.30. The van der Waals surface area contributed by atoms with E-state index < -0.39 is 30.5 Å². The summed E-state index contributed by atoms with van der Waals surface area (Å²) >= 11 is 6.21. The molecule has 158 valence electrons. The lowest BCUT2D eigenvalue weighted by Crippen LogP contribution is -2.48. The number of hydrogen-bond donors (Lipinski definition) is 2. The van der Waals surface area contributed by atoms with Gasteiger partial charge < -0.3 is 19.5 Å². The van der Waals surface area contributed by atoms with Crippen molar-refractivity contribution in [2.75, 3.05) is 52.4 Å². The third-order valence-electron chi connectivity index (χ3n) is 5.05. The summed E-state index contributed by atoms with van der Waals surface area (Å²) in [6.45, 7) is 4.93. The van der Waals surface area contributed by atoms with Crippen molar-refractivity contribution in [3.05, 3.63) is 32.6 Å². The molecule has 2 aliphatic rings. The molecule has 0 saturated carbocycles. The highest BCUT2D eigenvalue weighted by atomic mass is 35.7. The summed E-state index contributed by atoms with van der Waals surface area (Å²) in [4.78, 5) is 28.1. The molecular formula is C16H27ClN5O5P. The molecule has 1 aromatic heterocycles. The molecule has 28 heavy (non-hydrogen) atoms. The van der Waals surface area contributed by atoms with Gasteiger partial charge in [-0.15, -0.1) is 0 Å². The fraction of sp³-hybridized carbons (Fsp3) is 0.750. The van der Waals surface area contributed by atoms with E-state index in [2.05, 4.69) is 22.1 Å². The summed E-state index contributed by atoms with van der Waals surface area (Å²) < 4.78 is 27.3. The van der Waals surface area contributed by atoms with Crippen molar-refractivity contribution in [2.45, 2.75) is 26.2 Å². The van der Waals surface area contributed by atoms with E-state index in [1.165, 1.54) is 10.8 Å². The third-order valence-corrected chi connectivity index (χ3v) is 7.53. The Hall–Kier alpha value is -1.00. The van der Waals surface area contributed by atoms with Crippen molar-refractivity contribution < 1.29 is 13.8 Å². The topological polar surface area (TPSA) is 109 Å². The van der Waals surface area contributed by atoms with Crippen molar-refractivity contribution in [3.63, 3.8) is 0 Å². The second-order valence-electron chi connectivity index (χ2n) is 6.98. The Morgan fingerprint density at radius 3 is 2.68 bits per heavy atom. The number of likely N-dealkylation sites (N-methyl/N-ethyl adjacent to an activating group) is 1. The number of morpholine rings is 1. The number of ether oxygens (including phenoxy) is 1. The van der Waals surface area contributed by atoms with Crippen molar-refractivity contribution in [2.24, 2.45) is 0 Å². The standard InChI is InChI=1S/C16H27ClN5O5P/c1-3-20-4-6-21(7-5-20)28(17,25)26-11-13-8-18-9-14(27-13)22-10-12(2)15(23)19-16(22)24/h10,13-14,18H,3-9,11H2,1-2H3,(H,19,23,24)/t13-,14+,28?/m0/s1. The summed E-state index contributed by atoms with van der Waals surface area (Å²) in [6.07, 6.45) is 0.436. The molecule has 0 aromatic carbocycles. The minimum absolute atomic E-state index is 0.0371. The lowest BCUT2D eigenvalue weighted by Gasteiger charge is -2.36. The Kier molecular flexibility index (Phi) is 7.14. The molecule has 1 unspecified atom stereocenters. The van der Waals surface area contributed by atoms with E-state index in [4.69, 9.17) is 20.5 Å². The Balaban J connectivity index is 1.58. The van der Waals surface area contributed by atoms with Crippen LogP contribution in [0.15, 0.2) is 15.8 Å². The van der Waals surface area contributed by atoms with Gasteiger partial charge in [-0.3, -0.25) is 18.9 Å². The second kappa shape index (κ2) is 9.21. The van der Waals surface area contributed by atoms with Crippen LogP contribution in [-0.2, 0) is 13.8 Å². The van der Waals surface area contributed by atoms with Gasteiger partial charge in [0.05, 0.1) is 12.7 Å². The SMILES string of the molecule is CCN1CCN(P(=O)(Cl)OC[C@@H]2CNC[C@H](n3cc(C)c(=O)[nH]c3=O)O2)CC1. The molecule has 0 radical (unpaired) electrons. The van der Waals surface area contributed by atoms with E-state index in [1.54, 1.807) is 11.6 Å². The normalized spacial score (nSPS) is 26.8. The lowest BCUT2D eigenvalue weighted by atomic mass is 10.3. The quantitative estimate of drug-likeness (QED) is 0.615. The van der Waals surface area contributed by atoms with Crippen molar-refractivity contribution >= 4 is 18.1 Å². The fourth-order valence-corrected chi connectivity index (χ4v) is 5.09. The molecule has 2 fully saturated rings. The van der Waals surface area contributed by atoms with Crippen molar-refractivity contribution in [1.82, 2.24) is 24.4 Å². The van der Waals surface area contributed by atoms with Crippen LogP contribution < -0.4 is 16.6 Å². The zero-order chi connectivity index (χ0) is 20.3. The maximum Gasteiger partial charge on any atom is 0.363 e. The zero-order valence-corrected chi connectivity index (χ0v) is 17.7. The molecule has 0 aliphatic carbocycles. The first-order valence-corrected chi connectivity index (χ1v) is 11.9. The summed E-state index contributed by atoms with van der Waals surface area (Å²) in [6, 6.07) is 0. The third kappa shape index (κ3) is 5.13. The lowest BCUT2D eigenvalue weighted by molar-refractivity contribution is -0.0934. The Labute approximate surface area is 168 Å². The van der Waals surface area contributed by atoms with Crippen LogP contribution >= 0.6 is 18.1 Å². The largest absolute Gasteiger partial charge is 0.363 e. The molecule has 2 saturated heterocycles. The van der Waals surface area contributed by atoms with Gasteiger partial charge in [-0.1, -0.05) is 6.92 Å². The molecule has 2 aliphatic heterocycles. The van der Waals surface area contributed by atoms with Gasteiger partial charge in [0.15, 0.2) is 6.23 Å². The minimum atomic E-state index is -3.43. The number of piperazine rings is 1. The van der Waals surface area contributed by atoms with E-state index >= 15 is 0 Å². The van der Waals surface area contributed by atoms with Crippen LogP contribution in [0.3, 0.4) is 0 Å². The molecule has 0 bridgehead atoms. The average molecular weight is 436 g/mol. The maximum atomic E-state index is 12.8. The van der Waals surface area contributed by atoms with Crippen LogP contribution in [0.4, 0.5) is 0 Å². The first-order chi connectivity index (χ1) is 13.3. The first-order valence-electron chi connectivity index (χ1n) is 9.40. The van der Waals surface area contributed by atoms with E-state index in [-0.39, 0.29) is 6.61 Å². The Morgan fingerprint density at radius 1 is 1.29 bits per heavy atom. The van der Waals surface area contributed by atoms with Crippen molar-refractivity contribution in [1.29, 1.82) is 0 Å². The second-order valence-corrected chi connectivity index (χ2v) is 9.99. The van der Waals surface area contributed by atoms with E-state index in [0.29, 0.717) is 31.7 Å². The number of aromatic nitrogens is 2. The molecule has 12 heteroatoms. The van der Waals surface area contributed by atoms with Gasteiger partial charge in [-0.05, 0) is 24.7 Å². The number of H-pyrrole nitrogens is 1. The van der Waals surface area contributed by atoms with Gasteiger partial charge >= 0.3 is 12.6 Å². The van der Waals surface area contributed by atoms with Crippen LogP contribution in [0.5, 0.6) is 0 Å². The number of halogens is 1. The molecule has 2 N–H and O–H groups in total. The molecular weight excluding hydrogens is 409 g/mol. The molecule has 10 nitrogen and oxygen atoms in total. The van der Waals surface area contributed by atoms with Gasteiger partial charge in [0.25, 0.3) is 5.56 Å². The van der Waals surface area contributed by atoms with Crippen LogP contribution in [0.2, 0.25) is 0 Å². The monoisotopic (exact) mass is 435 g/mol. The molecule has 3 rings (SSSR count). The smallest absolute Gasteiger partial charge is 0.350 e. The molecule has 0 amide bonds. The first kappa shape index (κ1) is 21.7. The van der Waals surface area contributed by atoms with Crippen LogP contribution in [0.25, 0.3) is 0 Å². The number of nitrogens with zero attached hydrogens (tertiary/aromatic N) is 3. The van der Waals surface area contributed by atoms with Gasteiger partial charge in [0.1, 0.15) is 0 Å². The van der Waals surface area contributed by atoms with E-state index in [9.17, 15) is 14.2 Å². The minimum Gasteiger partial charge on any atom is -0.350 e. The predicted molar refractivity (Wildman–Crippen MR) is 106 cm³/mol. The van der Waals surface area contributed by atoms with E-state index in [1.807, 2.05) is 0 Å². The van der Waals surface area contributed by atoms with Crippen LogP contribution in [-0.4, -0.2) is 77.6 Å². The number of hydrogen-bond acceptors (Lipinski definition) is 7. The van der Waals surface area contributed by atoms with Gasteiger partial charge in [-0.2, -0.15) is 0 Å². The van der Waals surface area contributed by atoms with Gasteiger partial charge in [0, 0.05) is 51.0 Å². The zero-order valence-electron chi connectivity index (χ0n) is 16.1. The average Bonchev–Trinajstić information content (AvgIpc) is 2.69. The van der Waals surface area contributed by atoms with Crippen molar-refractivity contribution in [3.8, 4) is 0 Å². The summed E-state index contributed by atoms with van der Waals surface area (Å²) in [7, 11) is 0. The van der Waals surface area contributed by atoms with Crippen LogP contribution in [0, 0.1) is 6.92 Å². The maximum absolute atomic E-state index is 12.8. The van der Waals surface area contributed by atoms with Gasteiger partial charge in [0.2, 0.25) is 0 Å².